The highest BCUT2D eigenvalue weighted by atomic mass is 32.1. The molecule has 0 fully saturated rings. The SMILES string of the molecule is COc1ccccc1-c1csc2nc(CN(CC(O)COc3ccccc3)C(C)C)[nH]c(=O)c12. The molecule has 2 aromatic carbocycles. The van der Waals surface area contributed by atoms with Gasteiger partial charge in [0.1, 0.15) is 34.9 Å². The lowest BCUT2D eigenvalue weighted by molar-refractivity contribution is 0.0533. The van der Waals surface area contributed by atoms with Crippen LogP contribution in [-0.4, -0.2) is 52.4 Å². The molecule has 7 nitrogen and oxygen atoms in total. The van der Waals surface area contributed by atoms with Crippen LogP contribution in [-0.2, 0) is 6.54 Å². The van der Waals surface area contributed by atoms with Crippen LogP contribution >= 0.6 is 11.3 Å². The fraction of sp³-hybridized carbons (Fsp3) is 0.308. The minimum Gasteiger partial charge on any atom is -0.496 e. The average molecular weight is 480 g/mol. The molecule has 34 heavy (non-hydrogen) atoms. The largest absolute Gasteiger partial charge is 0.496 e. The summed E-state index contributed by atoms with van der Waals surface area (Å²) in [5.74, 6) is 2.00. The van der Waals surface area contributed by atoms with Gasteiger partial charge in [0.25, 0.3) is 5.56 Å². The summed E-state index contributed by atoms with van der Waals surface area (Å²) in [6.45, 7) is 5.08. The van der Waals surface area contributed by atoms with E-state index in [1.165, 1.54) is 11.3 Å². The zero-order valence-corrected chi connectivity index (χ0v) is 20.3. The normalized spacial score (nSPS) is 12.4. The number of nitrogens with zero attached hydrogens (tertiary/aromatic N) is 2. The summed E-state index contributed by atoms with van der Waals surface area (Å²) in [6, 6.07) is 17.2. The van der Waals surface area contributed by atoms with Gasteiger partial charge in [-0.3, -0.25) is 9.69 Å². The van der Waals surface area contributed by atoms with Crippen molar-refractivity contribution in [2.75, 3.05) is 20.3 Å². The van der Waals surface area contributed by atoms with Crippen molar-refractivity contribution in [3.63, 3.8) is 0 Å². The van der Waals surface area contributed by atoms with Gasteiger partial charge in [0.15, 0.2) is 0 Å². The molecular weight excluding hydrogens is 450 g/mol. The molecule has 2 heterocycles. The van der Waals surface area contributed by atoms with Gasteiger partial charge in [-0.15, -0.1) is 11.3 Å². The van der Waals surface area contributed by atoms with Crippen LogP contribution in [0, 0.1) is 0 Å². The molecule has 0 saturated heterocycles. The quantitative estimate of drug-likeness (QED) is 0.352. The van der Waals surface area contributed by atoms with E-state index in [9.17, 15) is 9.90 Å². The number of thiophene rings is 1. The summed E-state index contributed by atoms with van der Waals surface area (Å²) in [7, 11) is 1.62. The fourth-order valence-electron chi connectivity index (χ4n) is 3.82. The lowest BCUT2D eigenvalue weighted by Gasteiger charge is -2.28. The Hall–Kier alpha value is -3.20. The van der Waals surface area contributed by atoms with E-state index in [1.54, 1.807) is 7.11 Å². The van der Waals surface area contributed by atoms with Crippen molar-refractivity contribution in [1.29, 1.82) is 0 Å². The number of hydrogen-bond acceptors (Lipinski definition) is 7. The number of aliphatic hydroxyl groups excluding tert-OH is 1. The van der Waals surface area contributed by atoms with Crippen LogP contribution in [0.3, 0.4) is 0 Å². The van der Waals surface area contributed by atoms with E-state index in [4.69, 9.17) is 14.5 Å². The monoisotopic (exact) mass is 479 g/mol. The van der Waals surface area contributed by atoms with Gasteiger partial charge in [-0.25, -0.2) is 4.98 Å². The van der Waals surface area contributed by atoms with Crippen LogP contribution in [0.4, 0.5) is 0 Å². The Balaban J connectivity index is 1.51. The zero-order chi connectivity index (χ0) is 24.1. The first-order valence-corrected chi connectivity index (χ1v) is 12.1. The van der Waals surface area contributed by atoms with Gasteiger partial charge >= 0.3 is 0 Å². The van der Waals surface area contributed by atoms with Crippen LogP contribution < -0.4 is 15.0 Å². The first-order valence-electron chi connectivity index (χ1n) is 11.2. The van der Waals surface area contributed by atoms with Gasteiger partial charge in [-0.05, 0) is 32.0 Å². The Morgan fingerprint density at radius 1 is 1.09 bits per heavy atom. The molecular formula is C26H29N3O4S. The van der Waals surface area contributed by atoms with E-state index in [-0.39, 0.29) is 18.2 Å². The average Bonchev–Trinajstić information content (AvgIpc) is 3.27. The molecule has 4 rings (SSSR count). The van der Waals surface area contributed by atoms with E-state index >= 15 is 0 Å². The summed E-state index contributed by atoms with van der Waals surface area (Å²) in [6.07, 6.45) is -0.683. The molecule has 0 aliphatic rings. The van der Waals surface area contributed by atoms with Crippen LogP contribution in [0.2, 0.25) is 0 Å². The number of hydrogen-bond donors (Lipinski definition) is 2. The zero-order valence-electron chi connectivity index (χ0n) is 19.5. The number of nitrogens with one attached hydrogen (secondary N) is 1. The van der Waals surface area contributed by atoms with Gasteiger partial charge in [-0.1, -0.05) is 36.4 Å². The first-order chi connectivity index (χ1) is 16.5. The van der Waals surface area contributed by atoms with Crippen LogP contribution in [0.1, 0.15) is 19.7 Å². The Morgan fingerprint density at radius 2 is 1.82 bits per heavy atom. The van der Waals surface area contributed by atoms with Crippen molar-refractivity contribution in [1.82, 2.24) is 14.9 Å². The molecule has 1 unspecified atom stereocenters. The molecule has 0 radical (unpaired) electrons. The maximum Gasteiger partial charge on any atom is 0.260 e. The molecule has 2 aromatic heterocycles. The number of rotatable bonds is 10. The number of benzene rings is 2. The lowest BCUT2D eigenvalue weighted by atomic mass is 10.1. The minimum atomic E-state index is -0.683. The Kier molecular flexibility index (Phi) is 7.62. The third-order valence-corrected chi connectivity index (χ3v) is 6.48. The van der Waals surface area contributed by atoms with Crippen LogP contribution in [0.25, 0.3) is 21.3 Å². The number of aromatic amines is 1. The van der Waals surface area contributed by atoms with Gasteiger partial charge < -0.3 is 19.6 Å². The van der Waals surface area contributed by atoms with Crippen molar-refractivity contribution < 1.29 is 14.6 Å². The standard InChI is InChI=1S/C26H29N3O4S/c1-17(2)29(13-18(30)15-33-19-9-5-4-6-10-19)14-23-27-25(31)24-21(16-34-26(24)28-23)20-11-7-8-12-22(20)32-3/h4-12,16-18,30H,13-15H2,1-3H3,(H,27,28,31). The number of methoxy groups -OCH3 is 1. The van der Waals surface area contributed by atoms with Gasteiger partial charge in [0.05, 0.1) is 19.0 Å². The third-order valence-electron chi connectivity index (χ3n) is 5.60. The highest BCUT2D eigenvalue weighted by Gasteiger charge is 2.20. The molecule has 8 heteroatoms. The number of ether oxygens (including phenoxy) is 2. The Bertz CT molecular complexity index is 1290. The summed E-state index contributed by atoms with van der Waals surface area (Å²) in [5.41, 5.74) is 1.49. The molecule has 0 bridgehead atoms. The minimum absolute atomic E-state index is 0.139. The summed E-state index contributed by atoms with van der Waals surface area (Å²) >= 11 is 1.44. The highest BCUT2D eigenvalue weighted by Crippen LogP contribution is 2.36. The fourth-order valence-corrected chi connectivity index (χ4v) is 4.77. The second kappa shape index (κ2) is 10.8. The molecule has 0 aliphatic carbocycles. The maximum absolute atomic E-state index is 13.1. The molecule has 178 valence electrons. The highest BCUT2D eigenvalue weighted by molar-refractivity contribution is 7.17. The van der Waals surface area contributed by atoms with E-state index in [0.29, 0.717) is 34.9 Å². The van der Waals surface area contributed by atoms with E-state index in [0.717, 1.165) is 16.9 Å². The molecule has 2 N–H and O–H groups in total. The molecule has 1 atom stereocenters. The van der Waals surface area contributed by atoms with Crippen LogP contribution in [0.5, 0.6) is 11.5 Å². The topological polar surface area (TPSA) is 87.7 Å². The van der Waals surface area contributed by atoms with Crippen molar-refractivity contribution >= 4 is 21.6 Å². The molecule has 0 saturated carbocycles. The second-order valence-electron chi connectivity index (χ2n) is 8.34. The van der Waals surface area contributed by atoms with Crippen LogP contribution in [0.15, 0.2) is 64.8 Å². The summed E-state index contributed by atoms with van der Waals surface area (Å²) in [5, 5.41) is 13.0. The molecule has 0 aliphatic heterocycles. The summed E-state index contributed by atoms with van der Waals surface area (Å²) in [4.78, 5) is 23.5. The molecule has 0 amide bonds. The van der Waals surface area contributed by atoms with E-state index in [1.807, 2.05) is 73.8 Å². The number of H-pyrrole nitrogens is 1. The second-order valence-corrected chi connectivity index (χ2v) is 9.20. The first kappa shape index (κ1) is 23.9. The smallest absolute Gasteiger partial charge is 0.260 e. The number of aromatic nitrogens is 2. The van der Waals surface area contributed by atoms with E-state index < -0.39 is 6.10 Å². The Morgan fingerprint density at radius 3 is 2.56 bits per heavy atom. The Labute approximate surface area is 202 Å². The van der Waals surface area contributed by atoms with Gasteiger partial charge in [0.2, 0.25) is 0 Å². The maximum atomic E-state index is 13.1. The van der Waals surface area contributed by atoms with E-state index in [2.05, 4.69) is 9.88 Å². The predicted octanol–water partition coefficient (Wildman–Crippen LogP) is 4.31. The number of aliphatic hydroxyl groups is 1. The van der Waals surface area contributed by atoms with Crippen molar-refractivity contribution in [3.8, 4) is 22.6 Å². The van der Waals surface area contributed by atoms with Gasteiger partial charge in [-0.2, -0.15) is 0 Å². The number of fused-ring (bicyclic) bond motifs is 1. The predicted molar refractivity (Wildman–Crippen MR) is 136 cm³/mol. The molecule has 0 spiro atoms. The third kappa shape index (κ3) is 5.47. The van der Waals surface area contributed by atoms with Crippen molar-refractivity contribution in [2.45, 2.75) is 32.5 Å². The van der Waals surface area contributed by atoms with Crippen molar-refractivity contribution in [2.24, 2.45) is 0 Å². The van der Waals surface area contributed by atoms with Crippen molar-refractivity contribution in [3.05, 3.63) is 76.2 Å². The molecule has 4 aromatic rings. The van der Waals surface area contributed by atoms with Gasteiger partial charge in [0, 0.05) is 29.1 Å². The lowest BCUT2D eigenvalue weighted by Crippen LogP contribution is -2.40. The summed E-state index contributed by atoms with van der Waals surface area (Å²) < 4.78 is 11.2. The number of para-hydroxylation sites is 2.